The molecule has 0 unspecified atom stereocenters. The van der Waals surface area contributed by atoms with E-state index in [2.05, 4.69) is 9.71 Å². The van der Waals surface area contributed by atoms with Crippen molar-refractivity contribution in [3.63, 3.8) is 0 Å². The number of aromatic amines is 1. The van der Waals surface area contributed by atoms with Gasteiger partial charge in [-0.2, -0.15) is 0 Å². The molecule has 0 amide bonds. The van der Waals surface area contributed by atoms with E-state index < -0.39 is 10.0 Å². The Morgan fingerprint density at radius 2 is 1.74 bits per heavy atom. The van der Waals surface area contributed by atoms with Gasteiger partial charge in [-0.25, -0.2) is 8.42 Å². The van der Waals surface area contributed by atoms with Crippen LogP contribution in [0.2, 0.25) is 0 Å². The largest absolute Gasteiger partial charge is 0.490 e. The zero-order chi connectivity index (χ0) is 16.3. The molecule has 0 bridgehead atoms. The monoisotopic (exact) mass is 334 g/mol. The van der Waals surface area contributed by atoms with E-state index in [4.69, 9.17) is 4.74 Å². The molecule has 2 N–H and O–H groups in total. The van der Waals surface area contributed by atoms with Crippen LogP contribution >= 0.6 is 0 Å². The van der Waals surface area contributed by atoms with E-state index in [0.717, 1.165) is 12.8 Å². The van der Waals surface area contributed by atoms with E-state index in [1.807, 2.05) is 0 Å². The lowest BCUT2D eigenvalue weighted by Crippen LogP contribution is -2.15. The molecule has 1 aliphatic rings. The SMILES string of the molecule is O=c1ccc(NS(=O)(=O)c2ccc(OC3CCCC3)cc2)c[nH]1. The fourth-order valence-electron chi connectivity index (χ4n) is 2.58. The number of aromatic nitrogens is 1. The highest BCUT2D eigenvalue weighted by atomic mass is 32.2. The lowest BCUT2D eigenvalue weighted by molar-refractivity contribution is 0.210. The van der Waals surface area contributed by atoms with Crippen molar-refractivity contribution >= 4 is 15.7 Å². The number of ether oxygens (including phenoxy) is 1. The van der Waals surface area contributed by atoms with Crippen LogP contribution in [0.3, 0.4) is 0 Å². The Morgan fingerprint density at radius 3 is 2.35 bits per heavy atom. The molecule has 6 nitrogen and oxygen atoms in total. The standard InChI is InChI=1S/C16H18N2O4S/c19-16-10-5-12(11-17-16)18-23(20,21)15-8-6-14(7-9-15)22-13-3-1-2-4-13/h5-11,13,18H,1-4H2,(H,17,19). The van der Waals surface area contributed by atoms with Crippen LogP contribution in [0.5, 0.6) is 5.75 Å². The highest BCUT2D eigenvalue weighted by Crippen LogP contribution is 2.25. The Balaban J connectivity index is 1.71. The summed E-state index contributed by atoms with van der Waals surface area (Å²) in [5.74, 6) is 0.680. The Morgan fingerprint density at radius 1 is 1.04 bits per heavy atom. The fourth-order valence-corrected chi connectivity index (χ4v) is 3.63. The van der Waals surface area contributed by atoms with Crippen LogP contribution in [0.15, 0.2) is 52.3 Å². The minimum atomic E-state index is -3.70. The molecule has 1 aliphatic carbocycles. The second kappa shape index (κ2) is 6.45. The number of anilines is 1. The molecule has 0 spiro atoms. The summed E-state index contributed by atoms with van der Waals surface area (Å²) in [5, 5.41) is 0. The van der Waals surface area contributed by atoms with Crippen molar-refractivity contribution < 1.29 is 13.2 Å². The molecule has 1 aromatic heterocycles. The molecule has 0 atom stereocenters. The van der Waals surface area contributed by atoms with E-state index >= 15 is 0 Å². The first-order valence-corrected chi connectivity index (χ1v) is 8.99. The maximum Gasteiger partial charge on any atom is 0.261 e. The maximum absolute atomic E-state index is 12.3. The summed E-state index contributed by atoms with van der Waals surface area (Å²) < 4.78 is 32.8. The first-order chi connectivity index (χ1) is 11.0. The fraction of sp³-hybridized carbons (Fsp3) is 0.312. The molecule has 3 rings (SSSR count). The van der Waals surface area contributed by atoms with Gasteiger partial charge in [0.1, 0.15) is 5.75 Å². The summed E-state index contributed by atoms with van der Waals surface area (Å²) in [4.78, 5) is 13.6. The lowest BCUT2D eigenvalue weighted by atomic mass is 10.3. The summed E-state index contributed by atoms with van der Waals surface area (Å²) in [7, 11) is -3.70. The normalized spacial score (nSPS) is 15.5. The third-order valence-electron chi connectivity index (χ3n) is 3.78. The Hall–Kier alpha value is -2.28. The highest BCUT2D eigenvalue weighted by molar-refractivity contribution is 7.92. The maximum atomic E-state index is 12.3. The predicted molar refractivity (Wildman–Crippen MR) is 87.2 cm³/mol. The molecule has 0 radical (unpaired) electrons. The number of H-pyrrole nitrogens is 1. The number of nitrogens with one attached hydrogen (secondary N) is 2. The molecule has 122 valence electrons. The number of pyridine rings is 1. The van der Waals surface area contributed by atoms with Crippen molar-refractivity contribution in [2.24, 2.45) is 0 Å². The third kappa shape index (κ3) is 3.92. The average Bonchev–Trinajstić information content (AvgIpc) is 3.03. The van der Waals surface area contributed by atoms with Gasteiger partial charge in [0.2, 0.25) is 5.56 Å². The number of rotatable bonds is 5. The minimum absolute atomic E-state index is 0.141. The molecule has 7 heteroatoms. The molecule has 2 aromatic rings. The van der Waals surface area contributed by atoms with Gasteiger partial charge in [0.25, 0.3) is 10.0 Å². The van der Waals surface area contributed by atoms with Gasteiger partial charge in [0.15, 0.2) is 0 Å². The zero-order valence-electron chi connectivity index (χ0n) is 12.5. The summed E-state index contributed by atoms with van der Waals surface area (Å²) in [6.07, 6.45) is 6.01. The summed E-state index contributed by atoms with van der Waals surface area (Å²) in [6, 6.07) is 9.03. The van der Waals surface area contributed by atoms with Crippen molar-refractivity contribution in [3.8, 4) is 5.75 Å². The van der Waals surface area contributed by atoms with Crippen molar-refractivity contribution in [3.05, 3.63) is 52.9 Å². The third-order valence-corrected chi connectivity index (χ3v) is 5.17. The predicted octanol–water partition coefficient (Wildman–Crippen LogP) is 2.50. The smallest absolute Gasteiger partial charge is 0.261 e. The molecule has 0 aliphatic heterocycles. The van der Waals surface area contributed by atoms with Crippen LogP contribution < -0.4 is 15.0 Å². The number of hydrogen-bond donors (Lipinski definition) is 2. The van der Waals surface area contributed by atoms with E-state index in [0.29, 0.717) is 11.4 Å². The van der Waals surface area contributed by atoms with Crippen molar-refractivity contribution in [1.29, 1.82) is 0 Å². The summed E-state index contributed by atoms with van der Waals surface area (Å²) in [6.45, 7) is 0. The number of sulfonamides is 1. The first kappa shape index (κ1) is 15.6. The summed E-state index contributed by atoms with van der Waals surface area (Å²) in [5.41, 5.74) is 0.0113. The molecule has 1 saturated carbocycles. The molecule has 1 aromatic carbocycles. The van der Waals surface area contributed by atoms with E-state index in [-0.39, 0.29) is 16.6 Å². The van der Waals surface area contributed by atoms with Gasteiger partial charge in [-0.15, -0.1) is 0 Å². The van der Waals surface area contributed by atoms with Crippen molar-refractivity contribution in [2.75, 3.05) is 4.72 Å². The first-order valence-electron chi connectivity index (χ1n) is 7.51. The van der Waals surface area contributed by atoms with Crippen molar-refractivity contribution in [2.45, 2.75) is 36.7 Å². The second-order valence-electron chi connectivity index (χ2n) is 5.54. The molecular formula is C16H18N2O4S. The quantitative estimate of drug-likeness (QED) is 0.879. The average molecular weight is 334 g/mol. The molecule has 1 heterocycles. The van der Waals surface area contributed by atoms with Gasteiger partial charge in [-0.3, -0.25) is 9.52 Å². The van der Waals surface area contributed by atoms with Crippen LogP contribution in [0, 0.1) is 0 Å². The van der Waals surface area contributed by atoms with Gasteiger partial charge in [0, 0.05) is 12.3 Å². The highest BCUT2D eigenvalue weighted by Gasteiger charge is 2.18. The topological polar surface area (TPSA) is 88.3 Å². The van der Waals surface area contributed by atoms with E-state index in [1.165, 1.54) is 43.3 Å². The Bertz CT molecular complexity index is 801. The molecule has 0 saturated heterocycles. The van der Waals surface area contributed by atoms with Crippen LogP contribution in [-0.4, -0.2) is 19.5 Å². The van der Waals surface area contributed by atoms with Crippen LogP contribution in [-0.2, 0) is 10.0 Å². The van der Waals surface area contributed by atoms with E-state index in [1.54, 1.807) is 12.1 Å². The van der Waals surface area contributed by atoms with Crippen LogP contribution in [0.4, 0.5) is 5.69 Å². The van der Waals surface area contributed by atoms with Gasteiger partial charge >= 0.3 is 0 Å². The molecular weight excluding hydrogens is 316 g/mol. The summed E-state index contributed by atoms with van der Waals surface area (Å²) >= 11 is 0. The van der Waals surface area contributed by atoms with E-state index in [9.17, 15) is 13.2 Å². The minimum Gasteiger partial charge on any atom is -0.490 e. The number of benzene rings is 1. The Labute approximate surface area is 134 Å². The van der Waals surface area contributed by atoms with Crippen molar-refractivity contribution in [1.82, 2.24) is 4.98 Å². The Kier molecular flexibility index (Phi) is 4.38. The van der Waals surface area contributed by atoms with Crippen LogP contribution in [0.1, 0.15) is 25.7 Å². The second-order valence-corrected chi connectivity index (χ2v) is 7.23. The van der Waals surface area contributed by atoms with Gasteiger partial charge in [0.05, 0.1) is 16.7 Å². The zero-order valence-corrected chi connectivity index (χ0v) is 13.3. The lowest BCUT2D eigenvalue weighted by Gasteiger charge is -2.13. The molecule has 23 heavy (non-hydrogen) atoms. The molecule has 1 fully saturated rings. The van der Waals surface area contributed by atoms with Gasteiger partial charge < -0.3 is 9.72 Å². The van der Waals surface area contributed by atoms with Crippen LogP contribution in [0.25, 0.3) is 0 Å². The van der Waals surface area contributed by atoms with Gasteiger partial charge in [-0.05, 0) is 56.0 Å². The number of hydrogen-bond acceptors (Lipinski definition) is 4. The van der Waals surface area contributed by atoms with Gasteiger partial charge in [-0.1, -0.05) is 0 Å².